The Labute approximate surface area is 185 Å². The second-order valence-electron chi connectivity index (χ2n) is 6.91. The number of rotatable bonds is 5. The van der Waals surface area contributed by atoms with Crippen LogP contribution in [0.1, 0.15) is 11.1 Å². The summed E-state index contributed by atoms with van der Waals surface area (Å²) in [5.74, 6) is 0. The number of nitro groups is 1. The van der Waals surface area contributed by atoms with Gasteiger partial charge in [-0.1, -0.05) is 71.7 Å². The van der Waals surface area contributed by atoms with Crippen LogP contribution in [0.3, 0.4) is 0 Å². The van der Waals surface area contributed by atoms with E-state index in [0.717, 1.165) is 10.1 Å². The van der Waals surface area contributed by atoms with Gasteiger partial charge in [0.25, 0.3) is 11.2 Å². The van der Waals surface area contributed by atoms with Crippen LogP contribution in [0.15, 0.2) is 76.3 Å². The van der Waals surface area contributed by atoms with Crippen LogP contribution in [0.5, 0.6) is 0 Å². The van der Waals surface area contributed by atoms with Gasteiger partial charge in [-0.2, -0.15) is 0 Å². The molecule has 0 aliphatic carbocycles. The van der Waals surface area contributed by atoms with E-state index in [4.69, 9.17) is 23.2 Å². The van der Waals surface area contributed by atoms with E-state index < -0.39 is 16.2 Å². The molecular weight excluding hydrogens is 441 g/mol. The topological polar surface area (TPSA) is 87.1 Å². The molecule has 156 valence electrons. The zero-order valence-corrected chi connectivity index (χ0v) is 17.5. The van der Waals surface area contributed by atoms with Crippen LogP contribution in [0.25, 0.3) is 10.9 Å². The molecule has 0 bridgehead atoms. The molecule has 0 radical (unpaired) electrons. The lowest BCUT2D eigenvalue weighted by Crippen LogP contribution is -2.40. The summed E-state index contributed by atoms with van der Waals surface area (Å²) in [6.45, 7) is -0.0947. The van der Waals surface area contributed by atoms with Gasteiger partial charge in [0, 0.05) is 16.7 Å². The molecule has 0 unspecified atom stereocenters. The molecule has 0 aliphatic rings. The summed E-state index contributed by atoms with van der Waals surface area (Å²) in [7, 11) is 0. The average Bonchev–Trinajstić information content (AvgIpc) is 2.74. The SMILES string of the molecule is O=c1c2c(Cl)cc(Cl)cc2n(Cc2ccccc2)c(=O)n1Cc1ccccc1[N+](=O)[O-]. The number of halogens is 2. The minimum atomic E-state index is -0.635. The lowest BCUT2D eigenvalue weighted by atomic mass is 10.1. The number of para-hydroxylation sites is 1. The van der Waals surface area contributed by atoms with Crippen molar-refractivity contribution in [2.75, 3.05) is 0 Å². The smallest absolute Gasteiger partial charge is 0.289 e. The van der Waals surface area contributed by atoms with Crippen LogP contribution in [0.4, 0.5) is 5.69 Å². The second kappa shape index (κ2) is 8.37. The average molecular weight is 456 g/mol. The highest BCUT2D eigenvalue weighted by Gasteiger charge is 2.20. The molecule has 0 saturated carbocycles. The lowest BCUT2D eigenvalue weighted by molar-refractivity contribution is -0.385. The summed E-state index contributed by atoms with van der Waals surface area (Å²) in [4.78, 5) is 37.5. The standard InChI is InChI=1S/C22H15Cl2N3O4/c23-16-10-17(24)20-19(11-16)25(12-14-6-2-1-3-7-14)22(29)26(21(20)28)13-15-8-4-5-9-18(15)27(30)31/h1-11H,12-13H2. The van der Waals surface area contributed by atoms with Crippen molar-refractivity contribution in [2.24, 2.45) is 0 Å². The fourth-order valence-corrected chi connectivity index (χ4v) is 4.07. The monoisotopic (exact) mass is 455 g/mol. The van der Waals surface area contributed by atoms with E-state index in [2.05, 4.69) is 0 Å². The molecule has 0 saturated heterocycles. The molecule has 1 aromatic heterocycles. The molecule has 4 rings (SSSR count). The molecule has 0 atom stereocenters. The first-order chi connectivity index (χ1) is 14.9. The second-order valence-corrected chi connectivity index (χ2v) is 7.76. The summed E-state index contributed by atoms with van der Waals surface area (Å²) < 4.78 is 2.37. The Hall–Kier alpha value is -3.42. The molecule has 31 heavy (non-hydrogen) atoms. The number of nitro benzene ring substituents is 1. The van der Waals surface area contributed by atoms with Crippen molar-refractivity contribution in [3.8, 4) is 0 Å². The van der Waals surface area contributed by atoms with Crippen molar-refractivity contribution >= 4 is 39.8 Å². The summed E-state index contributed by atoms with van der Waals surface area (Å²) in [5, 5.41) is 11.9. The van der Waals surface area contributed by atoms with E-state index in [1.807, 2.05) is 30.3 Å². The predicted octanol–water partition coefficient (Wildman–Crippen LogP) is 4.47. The van der Waals surface area contributed by atoms with Gasteiger partial charge in [0.1, 0.15) is 0 Å². The molecule has 0 spiro atoms. The summed E-state index contributed by atoms with van der Waals surface area (Å²) >= 11 is 12.5. The quantitative estimate of drug-likeness (QED) is 0.328. The Morgan fingerprint density at radius 2 is 1.55 bits per heavy atom. The van der Waals surface area contributed by atoms with Crippen LogP contribution in [0, 0.1) is 10.1 Å². The molecule has 0 fully saturated rings. The van der Waals surface area contributed by atoms with Gasteiger partial charge in [-0.25, -0.2) is 4.79 Å². The highest BCUT2D eigenvalue weighted by atomic mass is 35.5. The zero-order chi connectivity index (χ0) is 22.1. The molecular formula is C22H15Cl2N3O4. The molecule has 3 aromatic carbocycles. The van der Waals surface area contributed by atoms with Gasteiger partial charge in [-0.3, -0.25) is 24.0 Å². The number of benzene rings is 3. The maximum Gasteiger partial charge on any atom is 0.332 e. The number of hydrogen-bond acceptors (Lipinski definition) is 4. The van der Waals surface area contributed by atoms with Crippen LogP contribution >= 0.6 is 23.2 Å². The van der Waals surface area contributed by atoms with Crippen molar-refractivity contribution < 1.29 is 4.92 Å². The van der Waals surface area contributed by atoms with Crippen molar-refractivity contribution in [2.45, 2.75) is 13.1 Å². The number of nitrogens with zero attached hydrogens (tertiary/aromatic N) is 3. The first-order valence-electron chi connectivity index (χ1n) is 9.25. The number of hydrogen-bond donors (Lipinski definition) is 0. The molecule has 1 heterocycles. The Kier molecular flexibility index (Phi) is 5.63. The fraction of sp³-hybridized carbons (Fsp3) is 0.0909. The van der Waals surface area contributed by atoms with Crippen molar-refractivity contribution in [1.29, 1.82) is 0 Å². The highest BCUT2D eigenvalue weighted by molar-refractivity contribution is 6.38. The summed E-state index contributed by atoms with van der Waals surface area (Å²) in [5.41, 5.74) is -0.0527. The van der Waals surface area contributed by atoms with Gasteiger partial charge in [-0.15, -0.1) is 0 Å². The first-order valence-corrected chi connectivity index (χ1v) is 10.0. The van der Waals surface area contributed by atoms with Crippen molar-refractivity contribution in [3.05, 3.63) is 119 Å². The molecule has 0 amide bonds. The van der Waals surface area contributed by atoms with Crippen LogP contribution < -0.4 is 11.2 Å². The van der Waals surface area contributed by atoms with Gasteiger partial charge < -0.3 is 0 Å². The Balaban J connectivity index is 2.00. The Bertz CT molecular complexity index is 1430. The van der Waals surface area contributed by atoms with E-state index in [1.165, 1.54) is 34.9 Å². The largest absolute Gasteiger partial charge is 0.332 e. The number of fused-ring (bicyclic) bond motifs is 1. The minimum Gasteiger partial charge on any atom is -0.289 e. The normalized spacial score (nSPS) is 11.0. The third-order valence-corrected chi connectivity index (χ3v) is 5.46. The zero-order valence-electron chi connectivity index (χ0n) is 16.0. The fourth-order valence-electron chi connectivity index (χ4n) is 3.51. The van der Waals surface area contributed by atoms with Crippen molar-refractivity contribution in [1.82, 2.24) is 9.13 Å². The minimum absolute atomic E-state index is 0.102. The maximum absolute atomic E-state index is 13.4. The van der Waals surface area contributed by atoms with E-state index in [0.29, 0.717) is 5.52 Å². The first kappa shape index (κ1) is 20.8. The van der Waals surface area contributed by atoms with Gasteiger partial charge in [0.15, 0.2) is 0 Å². The molecule has 4 aromatic rings. The third kappa shape index (κ3) is 3.97. The molecule has 0 aliphatic heterocycles. The van der Waals surface area contributed by atoms with Crippen LogP contribution in [-0.2, 0) is 13.1 Å². The van der Waals surface area contributed by atoms with Crippen LogP contribution in [-0.4, -0.2) is 14.1 Å². The molecule has 9 heteroatoms. The van der Waals surface area contributed by atoms with E-state index in [1.54, 1.807) is 6.07 Å². The Morgan fingerprint density at radius 1 is 0.871 bits per heavy atom. The van der Waals surface area contributed by atoms with Gasteiger partial charge in [-0.05, 0) is 17.7 Å². The lowest BCUT2D eigenvalue weighted by Gasteiger charge is -2.15. The van der Waals surface area contributed by atoms with E-state index in [9.17, 15) is 19.7 Å². The van der Waals surface area contributed by atoms with E-state index >= 15 is 0 Å². The van der Waals surface area contributed by atoms with Crippen molar-refractivity contribution in [3.63, 3.8) is 0 Å². The van der Waals surface area contributed by atoms with Crippen LogP contribution in [0.2, 0.25) is 10.0 Å². The van der Waals surface area contributed by atoms with E-state index in [-0.39, 0.29) is 39.8 Å². The molecule has 7 nitrogen and oxygen atoms in total. The molecule has 0 N–H and O–H groups in total. The van der Waals surface area contributed by atoms with Gasteiger partial charge in [0.2, 0.25) is 0 Å². The van der Waals surface area contributed by atoms with Gasteiger partial charge in [0.05, 0.1) is 33.9 Å². The van der Waals surface area contributed by atoms with Gasteiger partial charge >= 0.3 is 5.69 Å². The maximum atomic E-state index is 13.4. The summed E-state index contributed by atoms with van der Waals surface area (Å²) in [6, 6.07) is 18.2. The third-order valence-electron chi connectivity index (χ3n) is 4.95. The highest BCUT2D eigenvalue weighted by Crippen LogP contribution is 2.26. The summed E-state index contributed by atoms with van der Waals surface area (Å²) in [6.07, 6.45) is 0. The predicted molar refractivity (Wildman–Crippen MR) is 120 cm³/mol. The number of aromatic nitrogens is 2. The Morgan fingerprint density at radius 3 is 2.26 bits per heavy atom.